The van der Waals surface area contributed by atoms with E-state index in [0.717, 1.165) is 12.8 Å². The smallest absolute Gasteiger partial charge is 0.339 e. The Bertz CT molecular complexity index is 168. The number of carbonyl (C=O) groups excluding carboxylic acids is 1. The number of rotatable bonds is 5. The first-order valence-electron chi connectivity index (χ1n) is 4.79. The minimum absolute atomic E-state index is 0.0610. The lowest BCUT2D eigenvalue weighted by atomic mass is 9.97. The van der Waals surface area contributed by atoms with Crippen molar-refractivity contribution in [2.24, 2.45) is 5.92 Å². The van der Waals surface area contributed by atoms with Crippen molar-refractivity contribution in [2.75, 3.05) is 19.7 Å². The van der Waals surface area contributed by atoms with Crippen molar-refractivity contribution in [3.63, 3.8) is 0 Å². The quantitative estimate of drug-likeness (QED) is 0.498. The summed E-state index contributed by atoms with van der Waals surface area (Å²) in [6, 6.07) is 0. The van der Waals surface area contributed by atoms with Gasteiger partial charge < -0.3 is 10.1 Å². The molecule has 1 radical (unpaired) electrons. The highest BCUT2D eigenvalue weighted by Gasteiger charge is 2.33. The highest BCUT2D eigenvalue weighted by Crippen LogP contribution is 2.11. The van der Waals surface area contributed by atoms with Crippen molar-refractivity contribution in [1.29, 1.82) is 0 Å². The predicted molar refractivity (Wildman–Crippen MR) is 46.7 cm³/mol. The van der Waals surface area contributed by atoms with E-state index < -0.39 is 12.1 Å². The van der Waals surface area contributed by atoms with Crippen LogP contribution in [0.1, 0.15) is 19.8 Å². The topological polar surface area (TPSA) is 58.2 Å². The summed E-state index contributed by atoms with van der Waals surface area (Å²) in [6.45, 7) is 3.70. The van der Waals surface area contributed by atoms with Crippen molar-refractivity contribution < 1.29 is 14.6 Å². The summed E-state index contributed by atoms with van der Waals surface area (Å²) in [5, 5.41) is 14.2. The molecule has 1 N–H and O–H groups in total. The van der Waals surface area contributed by atoms with Gasteiger partial charge in [-0.1, -0.05) is 13.3 Å². The Hall–Kier alpha value is -0.610. The fourth-order valence-electron chi connectivity index (χ4n) is 1.12. The molecule has 0 spiro atoms. The van der Waals surface area contributed by atoms with Gasteiger partial charge in [-0.05, 0) is 6.42 Å². The second kappa shape index (κ2) is 5.19. The molecule has 0 amide bonds. The molecule has 1 aliphatic rings. The monoisotopic (exact) mass is 186 g/mol. The summed E-state index contributed by atoms with van der Waals surface area (Å²) in [5.74, 6) is -0.644. The van der Waals surface area contributed by atoms with Gasteiger partial charge in [0.25, 0.3) is 0 Å². The first-order chi connectivity index (χ1) is 6.25. The van der Waals surface area contributed by atoms with Crippen LogP contribution in [0, 0.1) is 5.92 Å². The van der Waals surface area contributed by atoms with E-state index in [-0.39, 0.29) is 5.92 Å². The van der Waals surface area contributed by atoms with E-state index in [1.165, 1.54) is 0 Å². The summed E-state index contributed by atoms with van der Waals surface area (Å²) in [4.78, 5) is 11.1. The maximum atomic E-state index is 11.3. The zero-order valence-corrected chi connectivity index (χ0v) is 7.91. The summed E-state index contributed by atoms with van der Waals surface area (Å²) in [6.07, 6.45) is 0.626. The van der Waals surface area contributed by atoms with Crippen LogP contribution in [0.4, 0.5) is 0 Å². The van der Waals surface area contributed by atoms with Crippen molar-refractivity contribution in [3.8, 4) is 0 Å². The average Bonchev–Trinajstić information content (AvgIpc) is 2.01. The highest BCUT2D eigenvalue weighted by atomic mass is 16.5. The molecule has 1 fully saturated rings. The van der Waals surface area contributed by atoms with E-state index in [2.05, 4.69) is 5.32 Å². The Balaban J connectivity index is 2.13. The molecule has 0 aliphatic carbocycles. The number of carbonyl (C=O) groups is 1. The molecule has 1 unspecified atom stereocenters. The first-order valence-corrected chi connectivity index (χ1v) is 4.79. The Morgan fingerprint density at radius 1 is 1.62 bits per heavy atom. The molecule has 1 saturated heterocycles. The molecule has 0 aromatic heterocycles. The second-order valence-electron chi connectivity index (χ2n) is 3.36. The summed E-state index contributed by atoms with van der Waals surface area (Å²) >= 11 is 0. The molecule has 13 heavy (non-hydrogen) atoms. The number of hydrogen-bond acceptors (Lipinski definition) is 3. The fourth-order valence-corrected chi connectivity index (χ4v) is 1.12. The van der Waals surface area contributed by atoms with Crippen LogP contribution in [-0.4, -0.2) is 31.8 Å². The van der Waals surface area contributed by atoms with Gasteiger partial charge in [-0.3, -0.25) is 0 Å². The number of hydrogen-bond donors (Lipinski definition) is 1. The van der Waals surface area contributed by atoms with Gasteiger partial charge in [-0.2, -0.15) is 0 Å². The maximum absolute atomic E-state index is 11.3. The number of nitrogens with one attached hydrogen (secondary N) is 1. The van der Waals surface area contributed by atoms with Crippen LogP contribution in [0.2, 0.25) is 0 Å². The molecule has 1 heterocycles. The van der Waals surface area contributed by atoms with Gasteiger partial charge >= 0.3 is 5.97 Å². The third-order valence-corrected chi connectivity index (χ3v) is 2.22. The average molecular weight is 186 g/mol. The SMILES string of the molecule is CCCCOC(=O)C([O])C1CNC1. The third kappa shape index (κ3) is 2.97. The molecule has 75 valence electrons. The molecule has 4 heteroatoms. The molecule has 1 aliphatic heterocycles. The lowest BCUT2D eigenvalue weighted by Gasteiger charge is -2.28. The van der Waals surface area contributed by atoms with Crippen LogP contribution < -0.4 is 5.32 Å². The summed E-state index contributed by atoms with van der Waals surface area (Å²) < 4.78 is 4.82. The lowest BCUT2D eigenvalue weighted by Crippen LogP contribution is -2.51. The molecule has 1 atom stereocenters. The number of esters is 1. The van der Waals surface area contributed by atoms with E-state index in [1.807, 2.05) is 6.92 Å². The maximum Gasteiger partial charge on any atom is 0.339 e. The predicted octanol–water partition coefficient (Wildman–Crippen LogP) is 0.348. The van der Waals surface area contributed by atoms with Crippen LogP contribution >= 0.6 is 0 Å². The molecule has 0 saturated carbocycles. The fraction of sp³-hybridized carbons (Fsp3) is 0.889. The van der Waals surface area contributed by atoms with Crippen LogP contribution in [-0.2, 0) is 14.6 Å². The second-order valence-corrected chi connectivity index (χ2v) is 3.36. The van der Waals surface area contributed by atoms with Crippen LogP contribution in [0.15, 0.2) is 0 Å². The van der Waals surface area contributed by atoms with Crippen molar-refractivity contribution in [1.82, 2.24) is 5.32 Å². The van der Waals surface area contributed by atoms with Gasteiger partial charge in [0, 0.05) is 19.0 Å². The Morgan fingerprint density at radius 3 is 2.77 bits per heavy atom. The Kier molecular flexibility index (Phi) is 4.18. The number of ether oxygens (including phenoxy) is 1. The van der Waals surface area contributed by atoms with Gasteiger partial charge in [-0.15, -0.1) is 0 Å². The Morgan fingerprint density at radius 2 is 2.31 bits per heavy atom. The van der Waals surface area contributed by atoms with Gasteiger partial charge in [0.2, 0.25) is 0 Å². The molecule has 0 aromatic carbocycles. The van der Waals surface area contributed by atoms with Crippen LogP contribution in [0.25, 0.3) is 0 Å². The Labute approximate surface area is 78.3 Å². The van der Waals surface area contributed by atoms with Gasteiger partial charge in [-0.25, -0.2) is 9.90 Å². The minimum Gasteiger partial charge on any atom is -0.464 e. The van der Waals surface area contributed by atoms with Crippen molar-refractivity contribution >= 4 is 5.97 Å². The molecule has 4 nitrogen and oxygen atoms in total. The van der Waals surface area contributed by atoms with E-state index in [4.69, 9.17) is 4.74 Å². The lowest BCUT2D eigenvalue weighted by molar-refractivity contribution is -0.162. The molecular formula is C9H16NO3. The van der Waals surface area contributed by atoms with Crippen molar-refractivity contribution in [3.05, 3.63) is 0 Å². The number of unbranched alkanes of at least 4 members (excludes halogenated alkanes) is 1. The molecule has 0 aromatic rings. The first kappa shape index (κ1) is 10.5. The zero-order valence-electron chi connectivity index (χ0n) is 7.91. The van der Waals surface area contributed by atoms with E-state index in [1.54, 1.807) is 0 Å². The van der Waals surface area contributed by atoms with E-state index in [9.17, 15) is 9.90 Å². The highest BCUT2D eigenvalue weighted by molar-refractivity contribution is 5.74. The molecular weight excluding hydrogens is 170 g/mol. The normalized spacial score (nSPS) is 19.2. The zero-order chi connectivity index (χ0) is 9.68. The van der Waals surface area contributed by atoms with Gasteiger partial charge in [0.15, 0.2) is 6.10 Å². The van der Waals surface area contributed by atoms with Gasteiger partial charge in [0.05, 0.1) is 6.61 Å². The molecule has 0 bridgehead atoms. The van der Waals surface area contributed by atoms with Crippen LogP contribution in [0.5, 0.6) is 0 Å². The van der Waals surface area contributed by atoms with E-state index >= 15 is 0 Å². The molecule has 1 rings (SSSR count). The van der Waals surface area contributed by atoms with Crippen LogP contribution in [0.3, 0.4) is 0 Å². The third-order valence-electron chi connectivity index (χ3n) is 2.22. The standard InChI is InChI=1S/C9H16NO3/c1-2-3-4-13-9(12)8(11)7-5-10-6-7/h7-8,10H,2-6H2,1H3. The minimum atomic E-state index is -1.18. The van der Waals surface area contributed by atoms with Gasteiger partial charge in [0.1, 0.15) is 0 Å². The summed E-state index contributed by atoms with van der Waals surface area (Å²) in [5.41, 5.74) is 0. The van der Waals surface area contributed by atoms with Crippen molar-refractivity contribution in [2.45, 2.75) is 25.9 Å². The largest absolute Gasteiger partial charge is 0.464 e. The summed E-state index contributed by atoms with van der Waals surface area (Å²) in [7, 11) is 0. The van der Waals surface area contributed by atoms with E-state index in [0.29, 0.717) is 19.7 Å².